The van der Waals surface area contributed by atoms with Crippen molar-refractivity contribution < 1.29 is 31.2 Å². The van der Waals surface area contributed by atoms with E-state index in [1.807, 2.05) is 17.7 Å². The molecule has 156 valence electrons. The quantitative estimate of drug-likeness (QED) is 0.584. The molecule has 9 nitrogen and oxygen atoms in total. The predicted molar refractivity (Wildman–Crippen MR) is 107 cm³/mol. The fourth-order valence-electron chi connectivity index (χ4n) is 2.91. The number of hydrogen-bond acceptors (Lipinski definition) is 7. The Hall–Kier alpha value is -2.92. The lowest BCUT2D eigenvalue weighted by Crippen LogP contribution is -2.29. The van der Waals surface area contributed by atoms with E-state index in [1.165, 1.54) is 12.1 Å². The van der Waals surface area contributed by atoms with Crippen molar-refractivity contribution in [1.82, 2.24) is 4.72 Å². The number of anilines is 1. The van der Waals surface area contributed by atoms with Crippen LogP contribution in [-0.2, 0) is 33.2 Å². The molecule has 0 unspecified atom stereocenters. The number of nitrogens with zero attached hydrogens (tertiary/aromatic N) is 1. The van der Waals surface area contributed by atoms with Crippen LogP contribution in [0, 0.1) is 0 Å². The lowest BCUT2D eigenvalue weighted by atomic mass is 10.0. The van der Waals surface area contributed by atoms with Crippen LogP contribution in [0.3, 0.4) is 0 Å². The minimum atomic E-state index is -4.03. The molecule has 0 saturated heterocycles. The van der Waals surface area contributed by atoms with Crippen molar-refractivity contribution in [1.29, 1.82) is 0 Å². The van der Waals surface area contributed by atoms with Gasteiger partial charge in [0.2, 0.25) is 5.88 Å². The summed E-state index contributed by atoms with van der Waals surface area (Å²) in [5.74, 6) is -0.698. The molecule has 0 amide bonds. The lowest BCUT2D eigenvalue weighted by Gasteiger charge is -2.16. The molecule has 0 spiro atoms. The maximum absolute atomic E-state index is 12.0. The van der Waals surface area contributed by atoms with Gasteiger partial charge in [0.05, 0.1) is 12.5 Å². The zero-order valence-electron chi connectivity index (χ0n) is 15.7. The van der Waals surface area contributed by atoms with Crippen LogP contribution in [0.1, 0.15) is 23.6 Å². The van der Waals surface area contributed by atoms with Crippen molar-refractivity contribution in [2.75, 3.05) is 10.6 Å². The van der Waals surface area contributed by atoms with E-state index in [-0.39, 0.29) is 23.6 Å². The van der Waals surface area contributed by atoms with Gasteiger partial charge >= 0.3 is 20.3 Å². The van der Waals surface area contributed by atoms with Gasteiger partial charge in [-0.2, -0.15) is 16.8 Å². The summed E-state index contributed by atoms with van der Waals surface area (Å²) in [4.78, 5) is 0. The maximum Gasteiger partial charge on any atom is 0.330 e. The van der Waals surface area contributed by atoms with Crippen LogP contribution in [0.2, 0.25) is 0 Å². The summed E-state index contributed by atoms with van der Waals surface area (Å²) in [5, 5.41) is 19.7. The first-order valence-corrected chi connectivity index (χ1v) is 11.8. The van der Waals surface area contributed by atoms with E-state index in [0.717, 1.165) is 28.7 Å². The van der Waals surface area contributed by atoms with E-state index in [9.17, 15) is 27.0 Å². The van der Waals surface area contributed by atoms with Gasteiger partial charge in [-0.3, -0.25) is 0 Å². The third-order valence-corrected chi connectivity index (χ3v) is 5.95. The van der Waals surface area contributed by atoms with Crippen LogP contribution in [0.25, 0.3) is 0 Å². The molecule has 2 aromatic rings. The standard InChI is InChI=1S/C18H20N2O7S2/c1-3-12-5-7-17(27-28(2,23)24)14(8-12)9-13-4-6-15(16(21)10-13)20-11-18(22)19-29(20,25)26/h4-8,10-11,19,21-22H,3,9H2,1-2H3. The SMILES string of the molecule is CCc1ccc(OS(C)(=O)=O)c(Cc2ccc(N3C=C(O)NS3(=O)=O)c(O)c2)c1. The summed E-state index contributed by atoms with van der Waals surface area (Å²) in [6.45, 7) is 1.96. The third-order valence-electron chi connectivity index (χ3n) is 4.18. The van der Waals surface area contributed by atoms with E-state index in [0.29, 0.717) is 11.1 Å². The highest BCUT2D eigenvalue weighted by Crippen LogP contribution is 2.34. The Kier molecular flexibility index (Phi) is 5.37. The summed E-state index contributed by atoms with van der Waals surface area (Å²) in [6.07, 6.45) is 2.88. The number of benzene rings is 2. The molecule has 0 fully saturated rings. The van der Waals surface area contributed by atoms with Gasteiger partial charge in [-0.25, -0.2) is 9.03 Å². The molecule has 29 heavy (non-hydrogen) atoms. The van der Waals surface area contributed by atoms with E-state index in [1.54, 1.807) is 18.2 Å². The van der Waals surface area contributed by atoms with Gasteiger partial charge in [0.15, 0.2) is 0 Å². The van der Waals surface area contributed by atoms with Crippen molar-refractivity contribution in [3.05, 3.63) is 65.2 Å². The Morgan fingerprint density at radius 3 is 2.34 bits per heavy atom. The molecule has 1 aliphatic rings. The van der Waals surface area contributed by atoms with Crippen molar-refractivity contribution in [2.24, 2.45) is 0 Å². The molecular weight excluding hydrogens is 420 g/mol. The van der Waals surface area contributed by atoms with Crippen molar-refractivity contribution in [3.8, 4) is 11.5 Å². The van der Waals surface area contributed by atoms with Gasteiger partial charge in [0, 0.05) is 12.0 Å². The molecule has 0 bridgehead atoms. The average molecular weight is 440 g/mol. The minimum Gasteiger partial charge on any atom is -0.506 e. The Morgan fingerprint density at radius 1 is 1.10 bits per heavy atom. The molecule has 0 atom stereocenters. The Labute approximate surface area is 169 Å². The zero-order valence-corrected chi connectivity index (χ0v) is 17.3. The van der Waals surface area contributed by atoms with Gasteiger partial charge in [0.1, 0.15) is 17.2 Å². The topological polar surface area (TPSA) is 133 Å². The van der Waals surface area contributed by atoms with Crippen molar-refractivity contribution in [3.63, 3.8) is 0 Å². The van der Waals surface area contributed by atoms with Crippen LogP contribution in [0.4, 0.5) is 5.69 Å². The number of hydrogen-bond donors (Lipinski definition) is 3. The zero-order chi connectivity index (χ0) is 21.4. The third kappa shape index (κ3) is 4.74. The molecule has 0 aromatic heterocycles. The number of phenolic OH excluding ortho intramolecular Hbond substituents is 1. The first kappa shape index (κ1) is 20.8. The van der Waals surface area contributed by atoms with Gasteiger partial charge in [-0.05, 0) is 35.7 Å². The molecule has 1 aliphatic heterocycles. The highest BCUT2D eigenvalue weighted by Gasteiger charge is 2.30. The summed E-state index contributed by atoms with van der Waals surface area (Å²) in [7, 11) is -7.74. The second kappa shape index (κ2) is 7.48. The van der Waals surface area contributed by atoms with E-state index < -0.39 is 26.2 Å². The van der Waals surface area contributed by atoms with Crippen LogP contribution >= 0.6 is 0 Å². The highest BCUT2D eigenvalue weighted by atomic mass is 32.2. The molecule has 1 heterocycles. The van der Waals surface area contributed by atoms with Crippen LogP contribution in [-0.4, -0.2) is 33.3 Å². The average Bonchev–Trinajstić information content (AvgIpc) is 2.87. The first-order chi connectivity index (χ1) is 13.5. The van der Waals surface area contributed by atoms with E-state index >= 15 is 0 Å². The maximum atomic E-state index is 12.0. The summed E-state index contributed by atoms with van der Waals surface area (Å²) >= 11 is 0. The fraction of sp³-hybridized carbons (Fsp3) is 0.222. The molecular formula is C18H20N2O7S2. The second-order valence-corrected chi connectivity index (χ2v) is 9.62. The number of aliphatic hydroxyl groups excluding tert-OH is 1. The first-order valence-electron chi connectivity index (χ1n) is 8.54. The number of aryl methyl sites for hydroxylation is 1. The second-order valence-electron chi connectivity index (χ2n) is 6.50. The number of aromatic hydroxyl groups is 1. The molecule has 0 saturated carbocycles. The van der Waals surface area contributed by atoms with Crippen molar-refractivity contribution >= 4 is 26.0 Å². The summed E-state index contributed by atoms with van der Waals surface area (Å²) < 4.78 is 54.7. The number of rotatable bonds is 6. The van der Waals surface area contributed by atoms with Crippen LogP contribution < -0.4 is 13.2 Å². The Bertz CT molecular complexity index is 1190. The molecule has 0 radical (unpaired) electrons. The number of aliphatic hydroxyl groups is 1. The number of nitrogens with one attached hydrogen (secondary N) is 1. The molecule has 2 aromatic carbocycles. The van der Waals surface area contributed by atoms with Gasteiger partial charge in [0.25, 0.3) is 0 Å². The summed E-state index contributed by atoms with van der Waals surface area (Å²) in [5.41, 5.74) is 2.15. The Morgan fingerprint density at radius 2 is 1.79 bits per heavy atom. The minimum absolute atomic E-state index is 0.0415. The van der Waals surface area contributed by atoms with Gasteiger partial charge in [-0.15, -0.1) is 0 Å². The number of phenols is 1. The molecule has 3 rings (SSSR count). The van der Waals surface area contributed by atoms with Gasteiger partial charge in [-0.1, -0.05) is 25.1 Å². The fourth-order valence-corrected chi connectivity index (χ4v) is 4.46. The normalized spacial score (nSPS) is 15.7. The van der Waals surface area contributed by atoms with Crippen LogP contribution in [0.15, 0.2) is 48.5 Å². The smallest absolute Gasteiger partial charge is 0.330 e. The molecule has 11 heteroatoms. The largest absolute Gasteiger partial charge is 0.506 e. The predicted octanol–water partition coefficient (Wildman–Crippen LogP) is 1.90. The molecule has 3 N–H and O–H groups in total. The van der Waals surface area contributed by atoms with Crippen LogP contribution in [0.5, 0.6) is 11.5 Å². The monoisotopic (exact) mass is 440 g/mol. The highest BCUT2D eigenvalue weighted by molar-refractivity contribution is 7.91. The summed E-state index contributed by atoms with van der Waals surface area (Å²) in [6, 6.07) is 9.53. The lowest BCUT2D eigenvalue weighted by molar-refractivity contribution is 0.392. The van der Waals surface area contributed by atoms with Crippen molar-refractivity contribution in [2.45, 2.75) is 19.8 Å². The van der Waals surface area contributed by atoms with Gasteiger partial charge < -0.3 is 14.4 Å². The van der Waals surface area contributed by atoms with E-state index in [4.69, 9.17) is 4.18 Å². The molecule has 0 aliphatic carbocycles. The Balaban J connectivity index is 1.95. The van der Waals surface area contributed by atoms with E-state index in [2.05, 4.69) is 0 Å².